The topological polar surface area (TPSA) is 17.8 Å². The predicted molar refractivity (Wildman–Crippen MR) is 78.5 cm³/mol. The van der Waals surface area contributed by atoms with Crippen molar-refractivity contribution in [2.45, 2.75) is 6.92 Å². The van der Waals surface area contributed by atoms with E-state index in [4.69, 9.17) is 0 Å². The Bertz CT molecular complexity index is 777. The van der Waals surface area contributed by atoms with Crippen LogP contribution in [-0.4, -0.2) is 9.55 Å². The summed E-state index contributed by atoms with van der Waals surface area (Å²) in [7, 11) is 1.91. The molecule has 0 aliphatic carbocycles. The molecule has 2 nitrogen and oxygen atoms in total. The van der Waals surface area contributed by atoms with Gasteiger partial charge in [0.05, 0.1) is 11.0 Å². The number of rotatable bonds is 1. The van der Waals surface area contributed by atoms with E-state index in [9.17, 15) is 4.39 Å². The highest BCUT2D eigenvalue weighted by Gasteiger charge is 2.12. The zero-order valence-corrected chi connectivity index (χ0v) is 12.2. The molecule has 19 heavy (non-hydrogen) atoms. The number of aryl methyl sites for hydroxylation is 2. The zero-order valence-electron chi connectivity index (χ0n) is 10.6. The van der Waals surface area contributed by atoms with Crippen LogP contribution in [0.15, 0.2) is 40.9 Å². The summed E-state index contributed by atoms with van der Waals surface area (Å²) in [5.41, 5.74) is 3.79. The summed E-state index contributed by atoms with van der Waals surface area (Å²) in [6.07, 6.45) is 0. The summed E-state index contributed by atoms with van der Waals surface area (Å²) in [5, 5.41) is 0. The molecule has 96 valence electrons. The summed E-state index contributed by atoms with van der Waals surface area (Å²) in [6.45, 7) is 2.04. The number of nitrogens with zero attached hydrogens (tertiary/aromatic N) is 2. The van der Waals surface area contributed by atoms with Crippen LogP contribution in [0, 0.1) is 12.7 Å². The lowest BCUT2D eigenvalue weighted by Gasteiger charge is -2.06. The second-order valence-electron chi connectivity index (χ2n) is 4.59. The van der Waals surface area contributed by atoms with Gasteiger partial charge in [-0.3, -0.25) is 0 Å². The third-order valence-electron chi connectivity index (χ3n) is 3.28. The molecule has 0 radical (unpaired) electrons. The SMILES string of the molecule is Cc1ccc(Br)cc1-c1nc2ccc(F)cc2n1C. The van der Waals surface area contributed by atoms with Gasteiger partial charge < -0.3 is 4.57 Å². The smallest absolute Gasteiger partial charge is 0.141 e. The molecule has 0 aliphatic rings. The number of fused-ring (bicyclic) bond motifs is 1. The minimum atomic E-state index is -0.243. The van der Waals surface area contributed by atoms with E-state index in [1.165, 1.54) is 12.1 Å². The number of hydrogen-bond donors (Lipinski definition) is 0. The van der Waals surface area contributed by atoms with Gasteiger partial charge in [0.1, 0.15) is 11.6 Å². The first-order valence-electron chi connectivity index (χ1n) is 5.95. The van der Waals surface area contributed by atoms with Crippen LogP contribution < -0.4 is 0 Å². The molecule has 0 atom stereocenters. The molecule has 0 spiro atoms. The molecule has 0 saturated carbocycles. The molecule has 0 bridgehead atoms. The van der Waals surface area contributed by atoms with E-state index >= 15 is 0 Å². The summed E-state index contributed by atoms with van der Waals surface area (Å²) in [4.78, 5) is 4.60. The first-order chi connectivity index (χ1) is 9.06. The van der Waals surface area contributed by atoms with Gasteiger partial charge in [-0.25, -0.2) is 9.37 Å². The normalized spacial score (nSPS) is 11.2. The average molecular weight is 319 g/mol. The van der Waals surface area contributed by atoms with Gasteiger partial charge in [0.25, 0.3) is 0 Å². The molecular weight excluding hydrogens is 307 g/mol. The van der Waals surface area contributed by atoms with Crippen LogP contribution in [-0.2, 0) is 7.05 Å². The van der Waals surface area contributed by atoms with Crippen molar-refractivity contribution in [1.29, 1.82) is 0 Å². The van der Waals surface area contributed by atoms with Gasteiger partial charge in [-0.1, -0.05) is 22.0 Å². The van der Waals surface area contributed by atoms with E-state index in [1.54, 1.807) is 6.07 Å². The molecule has 1 aromatic heterocycles. The fourth-order valence-electron chi connectivity index (χ4n) is 2.24. The lowest BCUT2D eigenvalue weighted by molar-refractivity contribution is 0.629. The first-order valence-corrected chi connectivity index (χ1v) is 6.74. The number of halogens is 2. The Kier molecular flexibility index (Phi) is 2.90. The van der Waals surface area contributed by atoms with Gasteiger partial charge in [-0.05, 0) is 42.8 Å². The zero-order chi connectivity index (χ0) is 13.6. The Hall–Kier alpha value is -1.68. The fraction of sp³-hybridized carbons (Fsp3) is 0.133. The van der Waals surface area contributed by atoms with Crippen LogP contribution in [0.1, 0.15) is 5.56 Å². The largest absolute Gasteiger partial charge is 0.327 e. The van der Waals surface area contributed by atoms with Gasteiger partial charge >= 0.3 is 0 Å². The van der Waals surface area contributed by atoms with Crippen molar-refractivity contribution in [2.75, 3.05) is 0 Å². The Morgan fingerprint density at radius 2 is 1.95 bits per heavy atom. The second-order valence-corrected chi connectivity index (χ2v) is 5.50. The van der Waals surface area contributed by atoms with Gasteiger partial charge in [0, 0.05) is 17.1 Å². The molecule has 3 rings (SSSR count). The minimum absolute atomic E-state index is 0.243. The van der Waals surface area contributed by atoms with E-state index < -0.39 is 0 Å². The van der Waals surface area contributed by atoms with Gasteiger partial charge in [-0.2, -0.15) is 0 Å². The van der Waals surface area contributed by atoms with Gasteiger partial charge in [0.15, 0.2) is 0 Å². The molecule has 0 amide bonds. The van der Waals surface area contributed by atoms with Crippen LogP contribution in [0.5, 0.6) is 0 Å². The maximum Gasteiger partial charge on any atom is 0.141 e. The predicted octanol–water partition coefficient (Wildman–Crippen LogP) is 4.45. The summed E-state index contributed by atoms with van der Waals surface area (Å²) < 4.78 is 16.3. The van der Waals surface area contributed by atoms with Crippen molar-refractivity contribution in [3.63, 3.8) is 0 Å². The monoisotopic (exact) mass is 318 g/mol. The Balaban J connectivity index is 2.31. The van der Waals surface area contributed by atoms with E-state index in [-0.39, 0.29) is 5.82 Å². The van der Waals surface area contributed by atoms with E-state index in [0.29, 0.717) is 0 Å². The van der Waals surface area contributed by atoms with E-state index in [2.05, 4.69) is 20.9 Å². The summed E-state index contributed by atoms with van der Waals surface area (Å²) >= 11 is 3.48. The third-order valence-corrected chi connectivity index (χ3v) is 3.78. The lowest BCUT2D eigenvalue weighted by atomic mass is 10.1. The van der Waals surface area contributed by atoms with E-state index in [0.717, 1.165) is 32.5 Å². The molecule has 0 saturated heterocycles. The highest BCUT2D eigenvalue weighted by atomic mass is 79.9. The third kappa shape index (κ3) is 2.06. The van der Waals surface area contributed by atoms with Crippen molar-refractivity contribution in [1.82, 2.24) is 9.55 Å². The first kappa shape index (κ1) is 12.4. The highest BCUT2D eigenvalue weighted by Crippen LogP contribution is 2.28. The number of benzene rings is 2. The highest BCUT2D eigenvalue weighted by molar-refractivity contribution is 9.10. The molecule has 0 aliphatic heterocycles. The number of hydrogen-bond acceptors (Lipinski definition) is 1. The van der Waals surface area contributed by atoms with Gasteiger partial charge in [-0.15, -0.1) is 0 Å². The van der Waals surface area contributed by atoms with Crippen LogP contribution in [0.2, 0.25) is 0 Å². The second kappa shape index (κ2) is 4.46. The number of imidazole rings is 1. The quantitative estimate of drug-likeness (QED) is 0.648. The maximum atomic E-state index is 13.3. The molecule has 2 aromatic carbocycles. The van der Waals surface area contributed by atoms with Crippen LogP contribution in [0.4, 0.5) is 4.39 Å². The molecule has 0 unspecified atom stereocenters. The Morgan fingerprint density at radius 3 is 2.74 bits per heavy atom. The lowest BCUT2D eigenvalue weighted by Crippen LogP contribution is -1.94. The van der Waals surface area contributed by atoms with Crippen molar-refractivity contribution >= 4 is 27.0 Å². The van der Waals surface area contributed by atoms with Crippen molar-refractivity contribution in [2.24, 2.45) is 7.05 Å². The maximum absolute atomic E-state index is 13.3. The molecule has 1 heterocycles. The van der Waals surface area contributed by atoms with E-state index in [1.807, 2.05) is 36.7 Å². The van der Waals surface area contributed by atoms with Crippen LogP contribution in [0.25, 0.3) is 22.4 Å². The van der Waals surface area contributed by atoms with Crippen molar-refractivity contribution in [3.8, 4) is 11.4 Å². The fourth-order valence-corrected chi connectivity index (χ4v) is 2.60. The van der Waals surface area contributed by atoms with Crippen LogP contribution in [0.3, 0.4) is 0 Å². The summed E-state index contributed by atoms with van der Waals surface area (Å²) in [5.74, 6) is 0.604. The standard InChI is InChI=1S/C15H12BrFN2/c1-9-3-4-10(16)7-12(9)15-18-13-6-5-11(17)8-14(13)19(15)2/h3-8H,1-2H3. The Morgan fingerprint density at radius 1 is 1.16 bits per heavy atom. The molecule has 3 aromatic rings. The minimum Gasteiger partial charge on any atom is -0.327 e. The Labute approximate surface area is 119 Å². The molecular formula is C15H12BrFN2. The summed E-state index contributed by atoms with van der Waals surface area (Å²) in [6, 6.07) is 10.7. The molecule has 4 heteroatoms. The average Bonchev–Trinajstić information content (AvgIpc) is 2.70. The van der Waals surface area contributed by atoms with Gasteiger partial charge in [0.2, 0.25) is 0 Å². The van der Waals surface area contributed by atoms with Crippen molar-refractivity contribution in [3.05, 3.63) is 52.3 Å². The molecule has 0 N–H and O–H groups in total. The molecule has 0 fully saturated rings. The van der Waals surface area contributed by atoms with Crippen LogP contribution >= 0.6 is 15.9 Å². The van der Waals surface area contributed by atoms with Crippen molar-refractivity contribution < 1.29 is 4.39 Å². The number of aromatic nitrogens is 2.